The van der Waals surface area contributed by atoms with Crippen LogP contribution in [0.5, 0.6) is 0 Å². The lowest BCUT2D eigenvalue weighted by atomic mass is 10.2. The van der Waals surface area contributed by atoms with Gasteiger partial charge < -0.3 is 5.32 Å². The molecule has 1 fully saturated rings. The van der Waals surface area contributed by atoms with Crippen molar-refractivity contribution < 1.29 is 13.2 Å². The van der Waals surface area contributed by atoms with Gasteiger partial charge in [0.25, 0.3) is 0 Å². The van der Waals surface area contributed by atoms with Crippen LogP contribution in [0.2, 0.25) is 0 Å². The number of nitrogens with zero attached hydrogens (tertiary/aromatic N) is 1. The van der Waals surface area contributed by atoms with Crippen molar-refractivity contribution in [2.75, 3.05) is 5.75 Å². The summed E-state index contributed by atoms with van der Waals surface area (Å²) >= 11 is 1.18. The van der Waals surface area contributed by atoms with E-state index >= 15 is 0 Å². The fourth-order valence-corrected chi connectivity index (χ4v) is 4.96. The average molecular weight is 296 g/mol. The second-order valence-electron chi connectivity index (χ2n) is 4.53. The molecule has 0 aliphatic carbocycles. The molecule has 1 aliphatic heterocycles. The number of amides is 1. The molecule has 1 aromatic heterocycles. The van der Waals surface area contributed by atoms with Crippen molar-refractivity contribution in [1.29, 1.82) is 0 Å². The van der Waals surface area contributed by atoms with Crippen LogP contribution in [0.4, 0.5) is 0 Å². The van der Waals surface area contributed by atoms with Crippen molar-refractivity contribution in [2.45, 2.75) is 23.2 Å². The van der Waals surface area contributed by atoms with Gasteiger partial charge >= 0.3 is 0 Å². The number of carbonyl (C=O) groups is 1. The molecule has 1 N–H and O–H groups in total. The van der Waals surface area contributed by atoms with Gasteiger partial charge in [0.05, 0.1) is 16.0 Å². The number of hydrogen-bond acceptors (Lipinski definition) is 5. The van der Waals surface area contributed by atoms with Gasteiger partial charge in [0.2, 0.25) is 20.1 Å². The highest BCUT2D eigenvalue weighted by Gasteiger charge is 2.29. The molecule has 0 saturated carbocycles. The monoisotopic (exact) mass is 296 g/mol. The Morgan fingerprint density at radius 1 is 1.37 bits per heavy atom. The number of carbonyl (C=O) groups excluding carboxylic acids is 1. The third-order valence-corrected chi connectivity index (χ3v) is 6.35. The molecule has 1 aliphatic rings. The zero-order valence-corrected chi connectivity index (χ0v) is 11.6. The highest BCUT2D eigenvalue weighted by Crippen LogP contribution is 2.26. The molecule has 7 heteroatoms. The lowest BCUT2D eigenvalue weighted by Crippen LogP contribution is -2.32. The van der Waals surface area contributed by atoms with Crippen LogP contribution in [0, 0.1) is 0 Å². The zero-order chi connectivity index (χ0) is 13.5. The first-order valence-corrected chi connectivity index (χ1v) is 8.39. The van der Waals surface area contributed by atoms with E-state index in [1.54, 1.807) is 6.07 Å². The summed E-state index contributed by atoms with van der Waals surface area (Å²) in [5, 5.41) is 2.67. The summed E-state index contributed by atoms with van der Waals surface area (Å²) in [6.07, 6.45) is 0.975. The van der Waals surface area contributed by atoms with Crippen molar-refractivity contribution in [3.05, 3.63) is 24.3 Å². The maximum absolute atomic E-state index is 12.3. The third kappa shape index (κ3) is 2.48. The van der Waals surface area contributed by atoms with Gasteiger partial charge in [-0.1, -0.05) is 12.1 Å². The summed E-state index contributed by atoms with van der Waals surface area (Å²) < 4.78 is 25.5. The third-order valence-electron chi connectivity index (χ3n) is 3.05. The van der Waals surface area contributed by atoms with Crippen LogP contribution in [0.25, 0.3) is 10.2 Å². The maximum atomic E-state index is 12.3. The van der Waals surface area contributed by atoms with E-state index in [1.807, 2.05) is 18.2 Å². The van der Waals surface area contributed by atoms with Crippen molar-refractivity contribution in [2.24, 2.45) is 0 Å². The molecule has 1 saturated heterocycles. The van der Waals surface area contributed by atoms with E-state index in [4.69, 9.17) is 0 Å². The number of benzene rings is 1. The maximum Gasteiger partial charge on any atom is 0.220 e. The van der Waals surface area contributed by atoms with E-state index in [0.29, 0.717) is 18.4 Å². The van der Waals surface area contributed by atoms with Gasteiger partial charge in [-0.25, -0.2) is 13.4 Å². The van der Waals surface area contributed by atoms with Gasteiger partial charge in [-0.05, 0) is 18.6 Å². The second kappa shape index (κ2) is 4.57. The number of sulfone groups is 1. The van der Waals surface area contributed by atoms with E-state index in [0.717, 1.165) is 4.70 Å². The van der Waals surface area contributed by atoms with Gasteiger partial charge in [-0.3, -0.25) is 4.79 Å². The average Bonchev–Trinajstić information content (AvgIpc) is 2.95. The van der Waals surface area contributed by atoms with Crippen LogP contribution in [0.1, 0.15) is 12.8 Å². The van der Waals surface area contributed by atoms with Crippen molar-refractivity contribution in [3.63, 3.8) is 0 Å². The first-order valence-electron chi connectivity index (χ1n) is 5.92. The van der Waals surface area contributed by atoms with Gasteiger partial charge in [0.1, 0.15) is 0 Å². The molecule has 100 valence electrons. The highest BCUT2D eigenvalue weighted by molar-refractivity contribution is 7.93. The van der Waals surface area contributed by atoms with Crippen LogP contribution < -0.4 is 5.32 Å². The Morgan fingerprint density at radius 3 is 2.84 bits per heavy atom. The molecule has 1 atom stereocenters. The van der Waals surface area contributed by atoms with Crippen molar-refractivity contribution in [3.8, 4) is 0 Å². The van der Waals surface area contributed by atoms with Crippen LogP contribution in [-0.2, 0) is 14.6 Å². The van der Waals surface area contributed by atoms with Crippen molar-refractivity contribution in [1.82, 2.24) is 10.3 Å². The highest BCUT2D eigenvalue weighted by atomic mass is 32.2. The number of nitrogens with one attached hydrogen (secondary N) is 1. The standard InChI is InChI=1S/C12H12N2O3S2/c15-11-6-5-8(13-11)7-19(16,17)12-14-9-3-1-2-4-10(9)18-12/h1-4,8H,5-7H2,(H,13,15)/t8-/m1/s1. The van der Waals surface area contributed by atoms with E-state index in [-0.39, 0.29) is 22.0 Å². The molecule has 5 nitrogen and oxygen atoms in total. The lowest BCUT2D eigenvalue weighted by molar-refractivity contribution is -0.119. The minimum absolute atomic E-state index is 0.0709. The number of hydrogen-bond donors (Lipinski definition) is 1. The van der Waals surface area contributed by atoms with Gasteiger partial charge in [0.15, 0.2) is 0 Å². The molecule has 19 heavy (non-hydrogen) atoms. The first-order chi connectivity index (χ1) is 9.04. The summed E-state index contributed by atoms with van der Waals surface area (Å²) in [7, 11) is -3.44. The van der Waals surface area contributed by atoms with Crippen LogP contribution in [0.15, 0.2) is 28.6 Å². The SMILES string of the molecule is O=C1CC[C@H](CS(=O)(=O)c2nc3ccccc3s2)N1. The Balaban J connectivity index is 1.89. The minimum Gasteiger partial charge on any atom is -0.352 e. The summed E-state index contributed by atoms with van der Waals surface area (Å²) in [6, 6.07) is 7.04. The normalized spacial score (nSPS) is 19.8. The molecule has 2 heterocycles. The van der Waals surface area contributed by atoms with E-state index in [9.17, 15) is 13.2 Å². The van der Waals surface area contributed by atoms with Crippen LogP contribution in [-0.4, -0.2) is 31.1 Å². The fourth-order valence-electron chi connectivity index (χ4n) is 2.12. The second-order valence-corrected chi connectivity index (χ2v) is 7.77. The van der Waals surface area contributed by atoms with Gasteiger partial charge in [-0.2, -0.15) is 0 Å². The molecular formula is C12H12N2O3S2. The molecule has 0 unspecified atom stereocenters. The summed E-state index contributed by atoms with van der Waals surface area (Å²) in [4.78, 5) is 15.3. The fraction of sp³-hybridized carbons (Fsp3) is 0.333. The number of para-hydroxylation sites is 1. The minimum atomic E-state index is -3.44. The van der Waals surface area contributed by atoms with E-state index in [1.165, 1.54) is 11.3 Å². The number of aromatic nitrogens is 1. The molecule has 1 amide bonds. The number of rotatable bonds is 3. The van der Waals surface area contributed by atoms with Gasteiger partial charge in [-0.15, -0.1) is 11.3 Å². The van der Waals surface area contributed by atoms with E-state index in [2.05, 4.69) is 10.3 Å². The summed E-state index contributed by atoms with van der Waals surface area (Å²) in [5.74, 6) is -0.150. The van der Waals surface area contributed by atoms with Crippen LogP contribution in [0.3, 0.4) is 0 Å². The Kier molecular flexibility index (Phi) is 3.02. The van der Waals surface area contributed by atoms with Crippen LogP contribution >= 0.6 is 11.3 Å². The predicted octanol–water partition coefficient (Wildman–Crippen LogP) is 1.35. The zero-order valence-electron chi connectivity index (χ0n) is 10.00. The molecule has 2 aromatic rings. The first kappa shape index (κ1) is 12.6. The molecule has 0 radical (unpaired) electrons. The molecular weight excluding hydrogens is 284 g/mol. The Labute approximate surface area is 114 Å². The number of fused-ring (bicyclic) bond motifs is 1. The van der Waals surface area contributed by atoms with Gasteiger partial charge in [0, 0.05) is 12.5 Å². The Morgan fingerprint density at radius 2 is 2.16 bits per heavy atom. The molecule has 0 bridgehead atoms. The molecule has 0 spiro atoms. The quantitative estimate of drug-likeness (QED) is 0.927. The Hall–Kier alpha value is -1.47. The lowest BCUT2D eigenvalue weighted by Gasteiger charge is -2.08. The Bertz CT molecular complexity index is 703. The summed E-state index contributed by atoms with van der Waals surface area (Å²) in [6.45, 7) is 0. The summed E-state index contributed by atoms with van der Waals surface area (Å²) in [5.41, 5.74) is 0.696. The smallest absolute Gasteiger partial charge is 0.220 e. The topological polar surface area (TPSA) is 76.1 Å². The van der Waals surface area contributed by atoms with Crippen molar-refractivity contribution >= 4 is 37.3 Å². The largest absolute Gasteiger partial charge is 0.352 e. The molecule has 3 rings (SSSR count). The van der Waals surface area contributed by atoms with E-state index < -0.39 is 9.84 Å². The predicted molar refractivity (Wildman–Crippen MR) is 72.8 cm³/mol. The number of thiazole rings is 1. The molecule has 1 aromatic carbocycles.